The van der Waals surface area contributed by atoms with E-state index in [1.165, 1.54) is 0 Å². The van der Waals surface area contributed by atoms with Crippen LogP contribution in [0.2, 0.25) is 0 Å². The van der Waals surface area contributed by atoms with Crippen LogP contribution in [0.1, 0.15) is 29.0 Å². The minimum Gasteiger partial charge on any atom is -0.496 e. The van der Waals surface area contributed by atoms with Gasteiger partial charge in [-0.15, -0.1) is 10.2 Å². The fourth-order valence-corrected chi connectivity index (χ4v) is 2.06. The average Bonchev–Trinajstić information content (AvgIpc) is 2.54. The number of carbonyl (C=O) groups excluding carboxylic acids is 1. The van der Waals surface area contributed by atoms with E-state index < -0.39 is 0 Å². The summed E-state index contributed by atoms with van der Waals surface area (Å²) in [5, 5.41) is 10.9. The molecule has 6 heteroatoms. The number of ether oxygens (including phenoxy) is 1. The molecule has 2 aromatic rings. The monoisotopic (exact) mass is 300 g/mol. The maximum atomic E-state index is 12.2. The van der Waals surface area contributed by atoms with Crippen LogP contribution in [0.3, 0.4) is 0 Å². The minimum absolute atomic E-state index is 0.195. The fourth-order valence-electron chi connectivity index (χ4n) is 2.06. The Morgan fingerprint density at radius 2 is 1.91 bits per heavy atom. The van der Waals surface area contributed by atoms with Gasteiger partial charge >= 0.3 is 0 Å². The second-order valence-electron chi connectivity index (χ2n) is 5.11. The molecule has 2 rings (SSSR count). The van der Waals surface area contributed by atoms with Crippen molar-refractivity contribution in [2.75, 3.05) is 26.1 Å². The molecule has 0 spiro atoms. The molecule has 1 aromatic carbocycles. The summed E-state index contributed by atoms with van der Waals surface area (Å²) in [4.78, 5) is 14.1. The highest BCUT2D eigenvalue weighted by molar-refractivity contribution is 5.92. The zero-order chi connectivity index (χ0) is 16.1. The third-order valence-corrected chi connectivity index (χ3v) is 3.29. The number of anilines is 1. The fraction of sp³-hybridized carbons (Fsp3) is 0.312. The van der Waals surface area contributed by atoms with E-state index in [-0.39, 0.29) is 17.6 Å². The molecule has 22 heavy (non-hydrogen) atoms. The van der Waals surface area contributed by atoms with Gasteiger partial charge in [-0.1, -0.05) is 18.2 Å². The Kier molecular flexibility index (Phi) is 4.93. The van der Waals surface area contributed by atoms with Gasteiger partial charge in [0.25, 0.3) is 5.91 Å². The number of carbonyl (C=O) groups is 1. The van der Waals surface area contributed by atoms with Crippen LogP contribution in [0.25, 0.3) is 0 Å². The lowest BCUT2D eigenvalue weighted by molar-refractivity contribution is 0.0933. The van der Waals surface area contributed by atoms with Crippen LogP contribution in [0, 0.1) is 0 Å². The van der Waals surface area contributed by atoms with Gasteiger partial charge in [0.1, 0.15) is 5.75 Å². The van der Waals surface area contributed by atoms with E-state index in [0.29, 0.717) is 5.82 Å². The van der Waals surface area contributed by atoms with Crippen LogP contribution in [-0.2, 0) is 0 Å². The highest BCUT2D eigenvalue weighted by atomic mass is 16.5. The molecule has 1 aromatic heterocycles. The quantitative estimate of drug-likeness (QED) is 0.915. The Balaban J connectivity index is 2.11. The molecule has 0 radical (unpaired) electrons. The molecule has 1 heterocycles. The molecule has 0 saturated carbocycles. The van der Waals surface area contributed by atoms with Crippen LogP contribution in [-0.4, -0.2) is 37.3 Å². The Morgan fingerprint density at radius 1 is 1.18 bits per heavy atom. The Morgan fingerprint density at radius 3 is 2.50 bits per heavy atom. The Labute approximate surface area is 130 Å². The Bertz CT molecular complexity index is 641. The number of hydrogen-bond acceptors (Lipinski definition) is 5. The number of aromatic nitrogens is 2. The van der Waals surface area contributed by atoms with Crippen LogP contribution in [0.4, 0.5) is 5.82 Å². The van der Waals surface area contributed by atoms with Crippen LogP contribution in [0.15, 0.2) is 36.4 Å². The largest absolute Gasteiger partial charge is 0.496 e. The van der Waals surface area contributed by atoms with E-state index in [2.05, 4.69) is 15.5 Å². The highest BCUT2D eigenvalue weighted by Crippen LogP contribution is 2.24. The number of para-hydroxylation sites is 1. The number of amides is 1. The van der Waals surface area contributed by atoms with Gasteiger partial charge in [0.05, 0.1) is 13.2 Å². The molecular formula is C16H20N4O2. The standard InChI is InChI=1S/C16H20N4O2/c1-11(12-7-5-6-8-14(12)22-4)17-16(21)13-9-10-15(19-18-13)20(2)3/h5-11H,1-4H3,(H,17,21)/t11-/m1/s1. The van der Waals surface area contributed by atoms with Gasteiger partial charge in [0.2, 0.25) is 0 Å². The number of benzene rings is 1. The summed E-state index contributed by atoms with van der Waals surface area (Å²) >= 11 is 0. The molecular weight excluding hydrogens is 280 g/mol. The lowest BCUT2D eigenvalue weighted by Gasteiger charge is -2.17. The summed E-state index contributed by atoms with van der Waals surface area (Å²) < 4.78 is 5.31. The lowest BCUT2D eigenvalue weighted by atomic mass is 10.1. The first-order valence-corrected chi connectivity index (χ1v) is 6.97. The van der Waals surface area contributed by atoms with Gasteiger partial charge in [-0.3, -0.25) is 4.79 Å². The maximum absolute atomic E-state index is 12.2. The minimum atomic E-state index is -0.267. The molecule has 116 valence electrons. The van der Waals surface area contributed by atoms with Gasteiger partial charge in [-0.2, -0.15) is 0 Å². The molecule has 0 fully saturated rings. The first-order valence-electron chi connectivity index (χ1n) is 6.97. The van der Waals surface area contributed by atoms with Gasteiger partial charge in [0, 0.05) is 19.7 Å². The van der Waals surface area contributed by atoms with Crippen molar-refractivity contribution in [3.63, 3.8) is 0 Å². The molecule has 0 aliphatic heterocycles. The molecule has 0 aliphatic carbocycles. The zero-order valence-corrected chi connectivity index (χ0v) is 13.2. The second-order valence-corrected chi connectivity index (χ2v) is 5.11. The van der Waals surface area contributed by atoms with Crippen molar-refractivity contribution >= 4 is 11.7 Å². The topological polar surface area (TPSA) is 67.3 Å². The van der Waals surface area contributed by atoms with Crippen molar-refractivity contribution in [3.8, 4) is 5.75 Å². The van der Waals surface area contributed by atoms with E-state index in [9.17, 15) is 4.79 Å². The molecule has 6 nitrogen and oxygen atoms in total. The van der Waals surface area contributed by atoms with Crippen LogP contribution in [0.5, 0.6) is 5.75 Å². The first-order chi connectivity index (χ1) is 10.5. The smallest absolute Gasteiger partial charge is 0.272 e. The van der Waals surface area contributed by atoms with Gasteiger partial charge in [-0.05, 0) is 25.1 Å². The van der Waals surface area contributed by atoms with Gasteiger partial charge in [0.15, 0.2) is 11.5 Å². The van der Waals surface area contributed by atoms with E-state index in [1.807, 2.05) is 50.2 Å². The molecule has 0 unspecified atom stereocenters. The Hall–Kier alpha value is -2.63. The third kappa shape index (κ3) is 3.52. The number of methoxy groups -OCH3 is 1. The predicted molar refractivity (Wildman–Crippen MR) is 85.2 cm³/mol. The number of rotatable bonds is 5. The highest BCUT2D eigenvalue weighted by Gasteiger charge is 2.16. The summed E-state index contributed by atoms with van der Waals surface area (Å²) in [6.45, 7) is 1.90. The van der Waals surface area contributed by atoms with Crippen LogP contribution >= 0.6 is 0 Å². The van der Waals surface area contributed by atoms with Crippen molar-refractivity contribution in [1.29, 1.82) is 0 Å². The SMILES string of the molecule is COc1ccccc1[C@@H](C)NC(=O)c1ccc(N(C)C)nn1. The van der Waals surface area contributed by atoms with E-state index >= 15 is 0 Å². The molecule has 1 atom stereocenters. The van der Waals surface area contributed by atoms with Crippen molar-refractivity contribution in [3.05, 3.63) is 47.7 Å². The summed E-state index contributed by atoms with van der Waals surface area (Å²) in [6, 6.07) is 10.8. The summed E-state index contributed by atoms with van der Waals surface area (Å²) in [6.07, 6.45) is 0. The summed E-state index contributed by atoms with van der Waals surface area (Å²) in [5.74, 6) is 1.18. The normalized spacial score (nSPS) is 11.6. The predicted octanol–water partition coefficient (Wildman–Crippen LogP) is 2.04. The van der Waals surface area contributed by atoms with E-state index in [0.717, 1.165) is 11.3 Å². The van der Waals surface area contributed by atoms with Crippen molar-refractivity contribution in [2.45, 2.75) is 13.0 Å². The molecule has 1 N–H and O–H groups in total. The maximum Gasteiger partial charge on any atom is 0.272 e. The number of hydrogen-bond donors (Lipinski definition) is 1. The lowest BCUT2D eigenvalue weighted by Crippen LogP contribution is -2.28. The number of nitrogens with one attached hydrogen (secondary N) is 1. The summed E-state index contributed by atoms with van der Waals surface area (Å²) in [7, 11) is 5.35. The van der Waals surface area contributed by atoms with Gasteiger partial charge < -0.3 is 15.0 Å². The van der Waals surface area contributed by atoms with E-state index in [1.54, 1.807) is 19.2 Å². The van der Waals surface area contributed by atoms with Crippen molar-refractivity contribution < 1.29 is 9.53 Å². The van der Waals surface area contributed by atoms with Crippen molar-refractivity contribution in [2.24, 2.45) is 0 Å². The molecule has 1 amide bonds. The van der Waals surface area contributed by atoms with Crippen molar-refractivity contribution in [1.82, 2.24) is 15.5 Å². The molecule has 0 saturated heterocycles. The average molecular weight is 300 g/mol. The third-order valence-electron chi connectivity index (χ3n) is 3.29. The first kappa shape index (κ1) is 15.8. The van der Waals surface area contributed by atoms with E-state index in [4.69, 9.17) is 4.74 Å². The summed E-state index contributed by atoms with van der Waals surface area (Å²) in [5.41, 5.74) is 1.20. The molecule has 0 aliphatic rings. The van der Waals surface area contributed by atoms with Gasteiger partial charge in [-0.25, -0.2) is 0 Å². The molecule has 0 bridgehead atoms. The number of nitrogens with zero attached hydrogens (tertiary/aromatic N) is 3. The second kappa shape index (κ2) is 6.89. The zero-order valence-electron chi connectivity index (χ0n) is 13.2. The van der Waals surface area contributed by atoms with Crippen LogP contribution < -0.4 is 15.0 Å².